The molecule has 7 heteroatoms. The number of allylic oxidation sites excluding steroid dienone is 4. The Morgan fingerprint density at radius 1 is 1.13 bits per heavy atom. The number of benzene rings is 1. The molecule has 0 N–H and O–H groups in total. The Bertz CT molecular complexity index is 1410. The average molecular weight is 516 g/mol. The SMILES string of the molecule is COc1cc(=O)oc(/C=C/C=C/C=C/[C@@]2(C)C[C@]3(C)O[C@H](C)[C@](C)(O2)[C@H]3C(=O)c2ccc(C#N)cc2)c1C. The molecule has 0 unspecified atom stereocenters. The summed E-state index contributed by atoms with van der Waals surface area (Å²) in [7, 11) is 1.51. The highest BCUT2D eigenvalue weighted by Gasteiger charge is 2.67. The van der Waals surface area contributed by atoms with E-state index in [0.717, 1.165) is 5.56 Å². The van der Waals surface area contributed by atoms with Crippen LogP contribution in [0, 0.1) is 24.2 Å². The maximum absolute atomic E-state index is 13.6. The first kappa shape index (κ1) is 27.3. The molecule has 2 aliphatic heterocycles. The van der Waals surface area contributed by atoms with E-state index < -0.39 is 28.3 Å². The minimum Gasteiger partial charge on any atom is -0.496 e. The number of nitrogens with zero attached hydrogens (tertiary/aromatic N) is 1. The molecule has 0 radical (unpaired) electrons. The molecule has 1 aromatic carbocycles. The number of Topliss-reactive ketones (excluding diaryl/α,β-unsaturated/α-hetero) is 1. The van der Waals surface area contributed by atoms with E-state index in [-0.39, 0.29) is 11.9 Å². The molecule has 2 saturated heterocycles. The van der Waals surface area contributed by atoms with Gasteiger partial charge in [-0.25, -0.2) is 4.79 Å². The fourth-order valence-corrected chi connectivity index (χ4v) is 5.91. The van der Waals surface area contributed by atoms with Gasteiger partial charge in [-0.05, 0) is 52.8 Å². The Hall–Kier alpha value is -3.73. The molecule has 2 fully saturated rings. The fraction of sp³-hybridized carbons (Fsp3) is 0.387. The third-order valence-electron chi connectivity index (χ3n) is 7.60. The Morgan fingerprint density at radius 3 is 2.45 bits per heavy atom. The normalized spacial score (nSPS) is 30.8. The van der Waals surface area contributed by atoms with Crippen LogP contribution in [0.2, 0.25) is 0 Å². The van der Waals surface area contributed by atoms with Gasteiger partial charge >= 0.3 is 5.63 Å². The van der Waals surface area contributed by atoms with Crippen LogP contribution in [-0.2, 0) is 9.47 Å². The number of fused-ring (bicyclic) bond motifs is 2. The smallest absolute Gasteiger partial charge is 0.339 e. The fourth-order valence-electron chi connectivity index (χ4n) is 5.91. The summed E-state index contributed by atoms with van der Waals surface area (Å²) in [6.45, 7) is 9.71. The van der Waals surface area contributed by atoms with Crippen molar-refractivity contribution >= 4 is 11.9 Å². The molecule has 0 amide bonds. The predicted molar refractivity (Wildman–Crippen MR) is 144 cm³/mol. The van der Waals surface area contributed by atoms with Crippen molar-refractivity contribution in [2.45, 2.75) is 63.9 Å². The Kier molecular flexibility index (Phi) is 7.33. The van der Waals surface area contributed by atoms with Crippen molar-refractivity contribution in [2.24, 2.45) is 5.92 Å². The first-order chi connectivity index (χ1) is 17.9. The Balaban J connectivity index is 1.51. The van der Waals surface area contributed by atoms with Crippen LogP contribution in [0.25, 0.3) is 6.08 Å². The zero-order valence-electron chi connectivity index (χ0n) is 22.6. The summed E-state index contributed by atoms with van der Waals surface area (Å²) < 4.78 is 23.5. The zero-order valence-corrected chi connectivity index (χ0v) is 22.6. The molecule has 0 saturated carbocycles. The lowest BCUT2D eigenvalue weighted by molar-refractivity contribution is -0.170. The second kappa shape index (κ2) is 10.2. The number of carbonyl (C=O) groups is 1. The van der Waals surface area contributed by atoms with Crippen LogP contribution in [0.3, 0.4) is 0 Å². The van der Waals surface area contributed by atoms with Crippen LogP contribution < -0.4 is 10.4 Å². The van der Waals surface area contributed by atoms with Crippen LogP contribution in [0.15, 0.2) is 69.9 Å². The molecule has 1 aromatic heterocycles. The highest BCUT2D eigenvalue weighted by molar-refractivity contribution is 6.00. The molecule has 2 aromatic rings. The average Bonchev–Trinajstić information content (AvgIpc) is 3.00. The molecule has 4 rings (SSSR count). The van der Waals surface area contributed by atoms with E-state index in [9.17, 15) is 9.59 Å². The number of rotatable bonds is 7. The summed E-state index contributed by atoms with van der Waals surface area (Å²) in [5.41, 5.74) is -0.878. The standard InChI is InChI=1S/C31H33NO6/c1-20-24(36-26(33)17-25(20)35-6)11-9-7-8-10-16-29(3)19-30(4)28(31(5,38-29)21(2)37-30)27(34)23-14-12-22(18-32)13-15-23/h7-17,21,28H,19H2,1-6H3/b8-7+,11-9+,16-10+/t21-,28+,29+,30+,31+/m1/s1. The van der Waals surface area contributed by atoms with Crippen molar-refractivity contribution < 1.29 is 23.4 Å². The molecule has 2 aliphatic rings. The van der Waals surface area contributed by atoms with Gasteiger partial charge in [0.1, 0.15) is 17.1 Å². The molecule has 7 nitrogen and oxygen atoms in total. The van der Waals surface area contributed by atoms with Crippen molar-refractivity contribution in [1.29, 1.82) is 5.26 Å². The molecule has 5 atom stereocenters. The van der Waals surface area contributed by atoms with Crippen LogP contribution in [0.1, 0.15) is 61.4 Å². The van der Waals surface area contributed by atoms with Crippen LogP contribution in [0.4, 0.5) is 0 Å². The third kappa shape index (κ3) is 5.02. The van der Waals surface area contributed by atoms with Gasteiger partial charge in [-0.2, -0.15) is 5.26 Å². The minimum atomic E-state index is -0.831. The maximum Gasteiger partial charge on any atom is 0.339 e. The molecular weight excluding hydrogens is 482 g/mol. The van der Waals surface area contributed by atoms with Gasteiger partial charge in [-0.1, -0.05) is 42.5 Å². The highest BCUT2D eigenvalue weighted by atomic mass is 16.6. The number of nitriles is 1. The van der Waals surface area contributed by atoms with E-state index in [0.29, 0.717) is 29.1 Å². The molecule has 2 bridgehead atoms. The van der Waals surface area contributed by atoms with E-state index >= 15 is 0 Å². The van der Waals surface area contributed by atoms with Crippen LogP contribution in [0.5, 0.6) is 5.75 Å². The van der Waals surface area contributed by atoms with Crippen LogP contribution >= 0.6 is 0 Å². The first-order valence-electron chi connectivity index (χ1n) is 12.6. The number of ketones is 1. The second-order valence-corrected chi connectivity index (χ2v) is 10.6. The number of hydrogen-bond donors (Lipinski definition) is 0. The summed E-state index contributed by atoms with van der Waals surface area (Å²) in [6.07, 6.45) is 11.3. The van der Waals surface area contributed by atoms with Crippen molar-refractivity contribution in [3.63, 3.8) is 0 Å². The highest BCUT2D eigenvalue weighted by Crippen LogP contribution is 2.56. The summed E-state index contributed by atoms with van der Waals surface area (Å²) >= 11 is 0. The molecule has 38 heavy (non-hydrogen) atoms. The van der Waals surface area contributed by atoms with E-state index in [4.69, 9.17) is 23.9 Å². The number of methoxy groups -OCH3 is 1. The van der Waals surface area contributed by atoms with Crippen LogP contribution in [-0.4, -0.2) is 35.8 Å². The summed E-state index contributed by atoms with van der Waals surface area (Å²) in [5, 5.41) is 9.09. The van der Waals surface area contributed by atoms with E-state index in [2.05, 4.69) is 6.07 Å². The molecule has 0 aliphatic carbocycles. The van der Waals surface area contributed by atoms with Gasteiger partial charge in [-0.3, -0.25) is 4.79 Å². The summed E-state index contributed by atoms with van der Waals surface area (Å²) in [4.78, 5) is 25.4. The lowest BCUT2D eigenvalue weighted by atomic mass is 9.67. The van der Waals surface area contributed by atoms with Gasteiger partial charge in [0.05, 0.1) is 48.0 Å². The number of carbonyl (C=O) groups excluding carboxylic acids is 1. The summed E-state index contributed by atoms with van der Waals surface area (Å²) in [6, 6.07) is 10.1. The number of ether oxygens (including phenoxy) is 3. The van der Waals surface area contributed by atoms with Crippen molar-refractivity contribution in [3.8, 4) is 11.8 Å². The predicted octanol–water partition coefficient (Wildman–Crippen LogP) is 5.57. The number of hydrogen-bond acceptors (Lipinski definition) is 7. The van der Waals surface area contributed by atoms with E-state index in [1.54, 1.807) is 36.4 Å². The minimum absolute atomic E-state index is 0.0422. The van der Waals surface area contributed by atoms with Gasteiger partial charge in [0.2, 0.25) is 0 Å². The van der Waals surface area contributed by atoms with Gasteiger partial charge in [0.25, 0.3) is 0 Å². The van der Waals surface area contributed by atoms with Gasteiger partial charge < -0.3 is 18.6 Å². The van der Waals surface area contributed by atoms with Crippen molar-refractivity contribution in [3.05, 3.63) is 93.6 Å². The van der Waals surface area contributed by atoms with Gasteiger partial charge in [-0.15, -0.1) is 0 Å². The summed E-state index contributed by atoms with van der Waals surface area (Å²) in [5.74, 6) is 0.390. The van der Waals surface area contributed by atoms with E-state index in [1.165, 1.54) is 13.2 Å². The second-order valence-electron chi connectivity index (χ2n) is 10.6. The topological polar surface area (TPSA) is 98.8 Å². The molecule has 3 heterocycles. The zero-order chi connectivity index (χ0) is 27.7. The lowest BCUT2D eigenvalue weighted by Gasteiger charge is -2.49. The lowest BCUT2D eigenvalue weighted by Crippen LogP contribution is -2.60. The van der Waals surface area contributed by atoms with Gasteiger partial charge in [0, 0.05) is 17.5 Å². The quantitative estimate of drug-likeness (QED) is 0.351. The van der Waals surface area contributed by atoms with Crippen molar-refractivity contribution in [1.82, 2.24) is 0 Å². The largest absolute Gasteiger partial charge is 0.496 e. The molecular formula is C31H33NO6. The monoisotopic (exact) mass is 515 g/mol. The van der Waals surface area contributed by atoms with Gasteiger partial charge in [0.15, 0.2) is 5.78 Å². The molecule has 0 spiro atoms. The van der Waals surface area contributed by atoms with Crippen molar-refractivity contribution in [2.75, 3.05) is 7.11 Å². The maximum atomic E-state index is 13.6. The van der Waals surface area contributed by atoms with E-state index in [1.807, 2.05) is 58.9 Å². The molecule has 198 valence electrons. The first-order valence-corrected chi connectivity index (χ1v) is 12.6. The third-order valence-corrected chi connectivity index (χ3v) is 7.60. The Labute approximate surface area is 223 Å². The Morgan fingerprint density at radius 2 is 1.82 bits per heavy atom.